The highest BCUT2D eigenvalue weighted by Gasteiger charge is 2.10. The van der Waals surface area contributed by atoms with Crippen LogP contribution in [0.5, 0.6) is 0 Å². The van der Waals surface area contributed by atoms with Gasteiger partial charge in [0.1, 0.15) is 12.2 Å². The molecule has 0 radical (unpaired) electrons. The predicted octanol–water partition coefficient (Wildman–Crippen LogP) is 1.31. The highest BCUT2D eigenvalue weighted by Crippen LogP contribution is 2.17. The number of hydrogen-bond donors (Lipinski definition) is 2. The van der Waals surface area contributed by atoms with E-state index in [0.29, 0.717) is 23.9 Å². The van der Waals surface area contributed by atoms with Crippen molar-refractivity contribution in [3.05, 3.63) is 41.5 Å². The van der Waals surface area contributed by atoms with Crippen molar-refractivity contribution < 1.29 is 8.42 Å². The topological polar surface area (TPSA) is 101 Å². The molecule has 0 atom stereocenters. The number of aromatic nitrogens is 3. The minimum Gasteiger partial charge on any atom is -0.357 e. The molecule has 2 aromatic rings. The minimum atomic E-state index is -3.20. The van der Waals surface area contributed by atoms with Gasteiger partial charge in [-0.3, -0.25) is 0 Å². The molecule has 0 aliphatic heterocycles. The van der Waals surface area contributed by atoms with Crippen LogP contribution in [0.1, 0.15) is 30.8 Å². The van der Waals surface area contributed by atoms with Gasteiger partial charge in [-0.25, -0.2) is 13.4 Å². The van der Waals surface area contributed by atoms with E-state index >= 15 is 0 Å². The maximum Gasteiger partial charge on any atom is 0.191 e. The Labute approximate surface area is 161 Å². The summed E-state index contributed by atoms with van der Waals surface area (Å²) >= 11 is 0. The molecule has 0 fully saturated rings. The first-order valence-electron chi connectivity index (χ1n) is 9.03. The van der Waals surface area contributed by atoms with E-state index in [2.05, 4.69) is 32.7 Å². The van der Waals surface area contributed by atoms with Crippen molar-refractivity contribution in [2.75, 3.05) is 19.3 Å². The summed E-state index contributed by atoms with van der Waals surface area (Å²) in [5.74, 6) is 1.67. The van der Waals surface area contributed by atoms with Gasteiger partial charge >= 0.3 is 0 Å². The second kappa shape index (κ2) is 9.50. The maximum atomic E-state index is 11.7. The molecule has 1 heterocycles. The van der Waals surface area contributed by atoms with Gasteiger partial charge in [0.25, 0.3) is 0 Å². The molecular formula is C18H28N6O2S. The van der Waals surface area contributed by atoms with E-state index in [4.69, 9.17) is 0 Å². The van der Waals surface area contributed by atoms with Gasteiger partial charge in [0.05, 0.1) is 11.4 Å². The molecule has 0 bridgehead atoms. The molecule has 0 amide bonds. The third-order valence-corrected chi connectivity index (χ3v) is 5.32. The summed E-state index contributed by atoms with van der Waals surface area (Å²) in [4.78, 5) is 4.94. The fourth-order valence-corrected chi connectivity index (χ4v) is 3.73. The molecule has 1 aromatic carbocycles. The Morgan fingerprint density at radius 1 is 1.26 bits per heavy atom. The first-order chi connectivity index (χ1) is 12.8. The van der Waals surface area contributed by atoms with Crippen LogP contribution >= 0.6 is 0 Å². The zero-order valence-corrected chi connectivity index (χ0v) is 17.2. The second-order valence-electron chi connectivity index (χ2n) is 6.29. The number of benzene rings is 1. The summed E-state index contributed by atoms with van der Waals surface area (Å²) in [6.45, 7) is 8.54. The lowest BCUT2D eigenvalue weighted by molar-refractivity contribution is 0.601. The summed E-state index contributed by atoms with van der Waals surface area (Å²) in [7, 11) is -3.20. The van der Waals surface area contributed by atoms with Gasteiger partial charge in [0.2, 0.25) is 0 Å². The number of guanidine groups is 1. The molecule has 1 aromatic heterocycles. The Balaban J connectivity index is 1.99. The van der Waals surface area contributed by atoms with E-state index in [1.165, 1.54) is 6.26 Å². The molecule has 2 N–H and O–H groups in total. The van der Waals surface area contributed by atoms with Gasteiger partial charge in [-0.2, -0.15) is 0 Å². The summed E-state index contributed by atoms with van der Waals surface area (Å²) in [6.07, 6.45) is 3.80. The standard InChI is InChI=1S/C18H28N6O2S/c1-5-17-23-22-13-24(17)10-9-20-18(19-6-2)21-12-15-7-8-16(14(3)11-15)27(4,25)26/h7-8,11,13H,5-6,9-10,12H2,1-4H3,(H2,19,20,21). The zero-order valence-electron chi connectivity index (χ0n) is 16.4. The Morgan fingerprint density at radius 2 is 2.04 bits per heavy atom. The first kappa shape index (κ1) is 20.9. The number of aliphatic imine (C=N–C) groups is 1. The van der Waals surface area contributed by atoms with Crippen molar-refractivity contribution in [3.8, 4) is 0 Å². The molecule has 9 heteroatoms. The molecule has 0 aliphatic rings. The van der Waals surface area contributed by atoms with E-state index in [-0.39, 0.29) is 0 Å². The van der Waals surface area contributed by atoms with Crippen molar-refractivity contribution in [1.82, 2.24) is 25.4 Å². The van der Waals surface area contributed by atoms with Crippen molar-refractivity contribution in [1.29, 1.82) is 0 Å². The molecular weight excluding hydrogens is 364 g/mol. The van der Waals surface area contributed by atoms with E-state index < -0.39 is 9.84 Å². The Morgan fingerprint density at radius 3 is 2.67 bits per heavy atom. The van der Waals surface area contributed by atoms with Crippen molar-refractivity contribution in [2.45, 2.75) is 45.2 Å². The zero-order chi connectivity index (χ0) is 19.9. The summed E-state index contributed by atoms with van der Waals surface area (Å²) < 4.78 is 25.5. The monoisotopic (exact) mass is 392 g/mol. The van der Waals surface area contributed by atoms with E-state index in [1.54, 1.807) is 25.4 Å². The average Bonchev–Trinajstić information content (AvgIpc) is 3.06. The molecule has 27 heavy (non-hydrogen) atoms. The Bertz CT molecular complexity index is 889. The lowest BCUT2D eigenvalue weighted by atomic mass is 10.1. The first-order valence-corrected chi connectivity index (χ1v) is 10.9. The van der Waals surface area contributed by atoms with Crippen LogP contribution in [-0.2, 0) is 29.3 Å². The third kappa shape index (κ3) is 6.06. The smallest absolute Gasteiger partial charge is 0.191 e. The number of hydrogen-bond acceptors (Lipinski definition) is 5. The Kier molecular flexibility index (Phi) is 7.35. The fourth-order valence-electron chi connectivity index (χ4n) is 2.77. The van der Waals surface area contributed by atoms with Gasteiger partial charge in [-0.15, -0.1) is 10.2 Å². The highest BCUT2D eigenvalue weighted by molar-refractivity contribution is 7.90. The summed E-state index contributed by atoms with van der Waals surface area (Å²) in [5, 5.41) is 14.5. The van der Waals surface area contributed by atoms with E-state index in [9.17, 15) is 8.42 Å². The number of sulfone groups is 1. The van der Waals surface area contributed by atoms with Crippen LogP contribution in [0.2, 0.25) is 0 Å². The second-order valence-corrected chi connectivity index (χ2v) is 8.27. The fraction of sp³-hybridized carbons (Fsp3) is 0.500. The molecule has 0 unspecified atom stereocenters. The molecule has 0 aliphatic carbocycles. The highest BCUT2D eigenvalue weighted by atomic mass is 32.2. The predicted molar refractivity (Wildman–Crippen MR) is 107 cm³/mol. The van der Waals surface area contributed by atoms with Gasteiger partial charge in [-0.05, 0) is 31.0 Å². The van der Waals surface area contributed by atoms with Gasteiger partial charge < -0.3 is 15.2 Å². The largest absolute Gasteiger partial charge is 0.357 e. The van der Waals surface area contributed by atoms with Crippen LogP contribution < -0.4 is 10.6 Å². The number of nitrogens with one attached hydrogen (secondary N) is 2. The van der Waals surface area contributed by atoms with Crippen molar-refractivity contribution >= 4 is 15.8 Å². The van der Waals surface area contributed by atoms with Gasteiger partial charge in [0, 0.05) is 32.3 Å². The average molecular weight is 393 g/mol. The molecule has 0 saturated carbocycles. The van der Waals surface area contributed by atoms with Crippen LogP contribution in [-0.4, -0.2) is 48.5 Å². The van der Waals surface area contributed by atoms with Gasteiger partial charge in [0.15, 0.2) is 15.8 Å². The Hall–Kier alpha value is -2.42. The summed E-state index contributed by atoms with van der Waals surface area (Å²) in [5.41, 5.74) is 1.70. The van der Waals surface area contributed by atoms with Crippen LogP contribution in [0.3, 0.4) is 0 Å². The molecule has 0 spiro atoms. The van der Waals surface area contributed by atoms with Crippen LogP contribution in [0.25, 0.3) is 0 Å². The maximum absolute atomic E-state index is 11.7. The quantitative estimate of drug-likeness (QED) is 0.519. The summed E-state index contributed by atoms with van der Waals surface area (Å²) in [6, 6.07) is 5.32. The normalized spacial score (nSPS) is 12.2. The third-order valence-electron chi connectivity index (χ3n) is 4.06. The minimum absolute atomic E-state index is 0.362. The van der Waals surface area contributed by atoms with Crippen LogP contribution in [0, 0.1) is 6.92 Å². The van der Waals surface area contributed by atoms with Crippen molar-refractivity contribution in [2.24, 2.45) is 4.99 Å². The SMILES string of the molecule is CCNC(=NCc1ccc(S(C)(=O)=O)c(C)c1)NCCn1cnnc1CC. The van der Waals surface area contributed by atoms with E-state index in [1.807, 2.05) is 17.6 Å². The van der Waals surface area contributed by atoms with Crippen molar-refractivity contribution in [3.63, 3.8) is 0 Å². The van der Waals surface area contributed by atoms with Gasteiger partial charge in [-0.1, -0.05) is 19.1 Å². The number of rotatable bonds is 8. The van der Waals surface area contributed by atoms with E-state index in [0.717, 1.165) is 36.5 Å². The number of nitrogens with zero attached hydrogens (tertiary/aromatic N) is 4. The lowest BCUT2D eigenvalue weighted by Gasteiger charge is -2.12. The molecule has 148 valence electrons. The number of aryl methyl sites for hydroxylation is 2. The molecule has 2 rings (SSSR count). The van der Waals surface area contributed by atoms with Crippen LogP contribution in [0.4, 0.5) is 0 Å². The lowest BCUT2D eigenvalue weighted by Crippen LogP contribution is -2.38. The molecule has 8 nitrogen and oxygen atoms in total. The van der Waals surface area contributed by atoms with Crippen LogP contribution in [0.15, 0.2) is 34.4 Å². The molecule has 0 saturated heterocycles.